The fraction of sp³-hybridized carbons (Fsp3) is 0.211. The van der Waals surface area contributed by atoms with Gasteiger partial charge in [-0.2, -0.15) is 0 Å². The van der Waals surface area contributed by atoms with Crippen molar-refractivity contribution in [2.24, 2.45) is 0 Å². The molecule has 0 spiro atoms. The molecule has 0 aliphatic heterocycles. The lowest BCUT2D eigenvalue weighted by atomic mass is 10.2. The second-order valence-corrected chi connectivity index (χ2v) is 6.56. The highest BCUT2D eigenvalue weighted by molar-refractivity contribution is 7.99. The van der Waals surface area contributed by atoms with Gasteiger partial charge >= 0.3 is 0 Å². The third kappa shape index (κ3) is 3.57. The van der Waals surface area contributed by atoms with Gasteiger partial charge in [0.1, 0.15) is 5.75 Å². The van der Waals surface area contributed by atoms with Crippen LogP contribution >= 0.6 is 11.8 Å². The molecule has 2 aromatic carbocycles. The predicted octanol–water partition coefficient (Wildman–Crippen LogP) is 4.01. The number of ether oxygens (including phenoxy) is 1. The van der Waals surface area contributed by atoms with Crippen molar-refractivity contribution in [2.75, 3.05) is 19.4 Å². The van der Waals surface area contributed by atoms with Crippen molar-refractivity contribution >= 4 is 28.6 Å². The Morgan fingerprint density at radius 1 is 1.17 bits per heavy atom. The maximum atomic E-state index is 12.1. The van der Waals surface area contributed by atoms with Gasteiger partial charge in [0.25, 0.3) is 5.91 Å². The number of aryl methyl sites for hydroxylation is 1. The monoisotopic (exact) mass is 340 g/mol. The highest BCUT2D eigenvalue weighted by Crippen LogP contribution is 2.30. The van der Waals surface area contributed by atoms with Crippen molar-refractivity contribution in [1.29, 1.82) is 0 Å². The van der Waals surface area contributed by atoms with Crippen molar-refractivity contribution < 1.29 is 9.53 Å². The van der Waals surface area contributed by atoms with Crippen molar-refractivity contribution in [3.8, 4) is 5.75 Å². The van der Waals surface area contributed by atoms with Gasteiger partial charge in [0.15, 0.2) is 0 Å². The maximum Gasteiger partial charge on any atom is 0.251 e. The van der Waals surface area contributed by atoms with Crippen LogP contribution in [0.5, 0.6) is 5.75 Å². The Balaban J connectivity index is 1.54. The number of amides is 1. The molecule has 1 heterocycles. The van der Waals surface area contributed by atoms with E-state index in [1.54, 1.807) is 43.1 Å². The van der Waals surface area contributed by atoms with Crippen molar-refractivity contribution in [3.63, 3.8) is 0 Å². The molecular weight excluding hydrogens is 320 g/mol. The number of fused-ring (bicyclic) bond motifs is 1. The fourth-order valence-electron chi connectivity index (χ4n) is 2.60. The van der Waals surface area contributed by atoms with Crippen LogP contribution in [0.1, 0.15) is 16.1 Å². The molecule has 124 valence electrons. The molecule has 0 atom stereocenters. The van der Waals surface area contributed by atoms with Crippen LogP contribution in [0.2, 0.25) is 0 Å². The molecule has 0 aliphatic carbocycles. The predicted molar refractivity (Wildman–Crippen MR) is 99.1 cm³/mol. The number of carbonyl (C=O) groups excluding carboxylic acids is 1. The Kier molecular flexibility index (Phi) is 5.11. The zero-order chi connectivity index (χ0) is 16.9. The van der Waals surface area contributed by atoms with Crippen LogP contribution in [0.3, 0.4) is 0 Å². The molecule has 0 fully saturated rings. The van der Waals surface area contributed by atoms with Gasteiger partial charge in [0.2, 0.25) is 0 Å². The molecule has 3 aromatic rings. The van der Waals surface area contributed by atoms with Crippen LogP contribution in [0.15, 0.2) is 53.4 Å². The number of aromatic nitrogens is 1. The lowest BCUT2D eigenvalue weighted by Crippen LogP contribution is -2.25. The molecule has 0 aliphatic rings. The summed E-state index contributed by atoms with van der Waals surface area (Å²) in [4.78, 5) is 16.8. The molecule has 24 heavy (non-hydrogen) atoms. The Morgan fingerprint density at radius 2 is 1.92 bits per heavy atom. The third-order valence-corrected chi connectivity index (χ3v) is 5.04. The zero-order valence-electron chi connectivity index (χ0n) is 13.8. The smallest absolute Gasteiger partial charge is 0.251 e. The summed E-state index contributed by atoms with van der Waals surface area (Å²) in [5.74, 6) is 1.51. The summed E-state index contributed by atoms with van der Waals surface area (Å²) in [6.45, 7) is 2.70. The highest BCUT2D eigenvalue weighted by atomic mass is 32.2. The number of hydrogen-bond donors (Lipinski definition) is 2. The summed E-state index contributed by atoms with van der Waals surface area (Å²) in [6.07, 6.45) is 0. The van der Waals surface area contributed by atoms with E-state index in [4.69, 9.17) is 4.74 Å². The molecule has 2 N–H and O–H groups in total. The minimum absolute atomic E-state index is 0.0612. The van der Waals surface area contributed by atoms with Crippen molar-refractivity contribution in [2.45, 2.75) is 11.8 Å². The number of hydrogen-bond acceptors (Lipinski definition) is 3. The molecule has 0 radical (unpaired) electrons. The summed E-state index contributed by atoms with van der Waals surface area (Å²) in [6, 6.07) is 15.4. The largest absolute Gasteiger partial charge is 0.497 e. The molecule has 4 nitrogen and oxygen atoms in total. The zero-order valence-corrected chi connectivity index (χ0v) is 14.6. The molecular formula is C19H20N2O2S. The van der Waals surface area contributed by atoms with Crippen LogP contribution in [0.25, 0.3) is 10.9 Å². The number of aromatic amines is 1. The summed E-state index contributed by atoms with van der Waals surface area (Å²) in [5.41, 5.74) is 2.96. The molecule has 0 bridgehead atoms. The summed E-state index contributed by atoms with van der Waals surface area (Å²) < 4.78 is 5.10. The van der Waals surface area contributed by atoms with E-state index in [-0.39, 0.29) is 5.91 Å². The van der Waals surface area contributed by atoms with Crippen LogP contribution < -0.4 is 10.1 Å². The van der Waals surface area contributed by atoms with Gasteiger partial charge in [-0.3, -0.25) is 4.79 Å². The standard InChI is InChI=1S/C19H20N2O2S/c1-13-18(16-5-3-4-6-17(16)21-13)24-12-11-20-19(22)14-7-9-15(23-2)10-8-14/h3-10,21H,11-12H2,1-2H3,(H,20,22). The number of benzene rings is 2. The molecule has 1 amide bonds. The van der Waals surface area contributed by atoms with Gasteiger partial charge in [-0.25, -0.2) is 0 Å². The van der Waals surface area contributed by atoms with E-state index in [0.29, 0.717) is 12.1 Å². The van der Waals surface area contributed by atoms with Gasteiger partial charge < -0.3 is 15.0 Å². The quantitative estimate of drug-likeness (QED) is 0.527. The number of nitrogens with one attached hydrogen (secondary N) is 2. The second-order valence-electron chi connectivity index (χ2n) is 5.46. The minimum Gasteiger partial charge on any atom is -0.497 e. The topological polar surface area (TPSA) is 54.1 Å². The highest BCUT2D eigenvalue weighted by Gasteiger charge is 2.09. The van der Waals surface area contributed by atoms with E-state index in [1.807, 2.05) is 12.1 Å². The number of methoxy groups -OCH3 is 1. The van der Waals surface area contributed by atoms with Crippen molar-refractivity contribution in [1.82, 2.24) is 10.3 Å². The first-order valence-electron chi connectivity index (χ1n) is 7.81. The lowest BCUT2D eigenvalue weighted by Gasteiger charge is -2.06. The summed E-state index contributed by atoms with van der Waals surface area (Å²) >= 11 is 1.76. The Labute approximate surface area is 145 Å². The molecule has 1 aromatic heterocycles. The summed E-state index contributed by atoms with van der Waals surface area (Å²) in [5, 5.41) is 4.19. The molecule has 0 unspecified atom stereocenters. The van der Waals surface area contributed by atoms with E-state index < -0.39 is 0 Å². The fourth-order valence-corrected chi connectivity index (χ4v) is 3.61. The second kappa shape index (κ2) is 7.45. The first-order valence-corrected chi connectivity index (χ1v) is 8.80. The number of para-hydroxylation sites is 1. The Bertz CT molecular complexity index is 840. The van der Waals surface area contributed by atoms with Gasteiger partial charge in [0, 0.05) is 39.4 Å². The van der Waals surface area contributed by atoms with Crippen LogP contribution in [0.4, 0.5) is 0 Å². The SMILES string of the molecule is COc1ccc(C(=O)NCCSc2c(C)[nH]c3ccccc23)cc1. The summed E-state index contributed by atoms with van der Waals surface area (Å²) in [7, 11) is 1.61. The number of carbonyl (C=O) groups is 1. The lowest BCUT2D eigenvalue weighted by molar-refractivity contribution is 0.0956. The number of thioether (sulfide) groups is 1. The van der Waals surface area contributed by atoms with Crippen LogP contribution in [0, 0.1) is 6.92 Å². The average Bonchev–Trinajstić information content (AvgIpc) is 2.94. The minimum atomic E-state index is -0.0612. The van der Waals surface area contributed by atoms with E-state index >= 15 is 0 Å². The molecule has 0 saturated heterocycles. The normalized spacial score (nSPS) is 10.8. The van der Waals surface area contributed by atoms with E-state index in [1.165, 1.54) is 16.0 Å². The third-order valence-electron chi connectivity index (χ3n) is 3.82. The number of rotatable bonds is 6. The van der Waals surface area contributed by atoms with E-state index in [9.17, 15) is 4.79 Å². The first kappa shape index (κ1) is 16.5. The van der Waals surface area contributed by atoms with E-state index in [2.05, 4.69) is 29.4 Å². The average molecular weight is 340 g/mol. The molecule has 3 rings (SSSR count). The Morgan fingerprint density at radius 3 is 2.67 bits per heavy atom. The maximum absolute atomic E-state index is 12.1. The van der Waals surface area contributed by atoms with Gasteiger partial charge in [-0.15, -0.1) is 11.8 Å². The molecule has 5 heteroatoms. The van der Waals surface area contributed by atoms with Gasteiger partial charge in [0.05, 0.1) is 7.11 Å². The molecule has 0 saturated carbocycles. The Hall–Kier alpha value is -2.40. The van der Waals surface area contributed by atoms with Crippen molar-refractivity contribution in [3.05, 3.63) is 59.8 Å². The first-order chi connectivity index (χ1) is 11.7. The van der Waals surface area contributed by atoms with Crippen LogP contribution in [-0.4, -0.2) is 30.3 Å². The van der Waals surface area contributed by atoms with E-state index in [0.717, 1.165) is 17.0 Å². The number of H-pyrrole nitrogens is 1. The van der Waals surface area contributed by atoms with Gasteiger partial charge in [-0.1, -0.05) is 18.2 Å². The van der Waals surface area contributed by atoms with Crippen LogP contribution in [-0.2, 0) is 0 Å². The van der Waals surface area contributed by atoms with Gasteiger partial charge in [-0.05, 0) is 37.3 Å².